The molecule has 3 unspecified atom stereocenters. The van der Waals surface area contributed by atoms with E-state index >= 15 is 0 Å². The van der Waals surface area contributed by atoms with Crippen molar-refractivity contribution in [2.24, 2.45) is 0 Å². The van der Waals surface area contributed by atoms with Crippen molar-refractivity contribution in [3.8, 4) is 0 Å². The Morgan fingerprint density at radius 2 is 0.806 bits per heavy atom. The van der Waals surface area contributed by atoms with E-state index in [4.69, 9.17) is 4.74 Å². The molecule has 0 aromatic heterocycles. The van der Waals surface area contributed by atoms with Gasteiger partial charge in [0.15, 0.2) is 0 Å². The largest absolute Gasteiger partial charge is 0.462 e. The Kier molecular flexibility index (Phi) is 50.7. The third kappa shape index (κ3) is 48.8. The molecule has 0 aliphatic rings. The second-order valence-electron chi connectivity index (χ2n) is 18.5. The highest BCUT2D eigenvalue weighted by Gasteiger charge is 2.24. The van der Waals surface area contributed by atoms with E-state index < -0.39 is 18.2 Å². The summed E-state index contributed by atoms with van der Waals surface area (Å²) in [6.45, 7) is 6.31. The lowest BCUT2D eigenvalue weighted by molar-refractivity contribution is -0.151. The molecule has 6 nitrogen and oxygen atoms in total. The number of hydrogen-bond donors (Lipinski definition) is 3. The summed E-state index contributed by atoms with van der Waals surface area (Å²) in [7, 11) is 0. The van der Waals surface area contributed by atoms with Crippen LogP contribution in [0.3, 0.4) is 0 Å². The summed E-state index contributed by atoms with van der Waals surface area (Å²) in [6.07, 6.45) is 72.8. The first-order valence-corrected chi connectivity index (χ1v) is 27.7. The van der Waals surface area contributed by atoms with Gasteiger partial charge in [-0.1, -0.05) is 265 Å². The Bertz CT molecular complexity index is 1370. The minimum Gasteiger partial charge on any atom is -0.462 e. The molecule has 0 saturated heterocycles. The molecule has 1 amide bonds. The van der Waals surface area contributed by atoms with E-state index in [1.54, 1.807) is 0 Å². The van der Waals surface area contributed by atoms with E-state index in [2.05, 4.69) is 80.8 Å². The van der Waals surface area contributed by atoms with Gasteiger partial charge in [0.25, 0.3) is 0 Å². The fourth-order valence-electron chi connectivity index (χ4n) is 7.88. The molecule has 0 aliphatic heterocycles. The fourth-order valence-corrected chi connectivity index (χ4v) is 7.88. The number of allylic oxidation sites excluding steroid dienone is 18. The smallest absolute Gasteiger partial charge is 0.306 e. The average molecular weight is 930 g/mol. The van der Waals surface area contributed by atoms with Crippen LogP contribution in [0.4, 0.5) is 0 Å². The van der Waals surface area contributed by atoms with Crippen molar-refractivity contribution >= 4 is 11.9 Å². The predicted octanol–water partition coefficient (Wildman–Crippen LogP) is 17.1. The monoisotopic (exact) mass is 930 g/mol. The molecule has 0 saturated carbocycles. The zero-order valence-electron chi connectivity index (χ0n) is 43.5. The Balaban J connectivity index is 4.75. The van der Waals surface area contributed by atoms with Crippen LogP contribution in [-0.2, 0) is 14.3 Å². The first-order chi connectivity index (χ1) is 33.0. The van der Waals surface area contributed by atoms with Gasteiger partial charge in [-0.25, -0.2) is 0 Å². The van der Waals surface area contributed by atoms with Gasteiger partial charge >= 0.3 is 5.97 Å². The lowest BCUT2D eigenvalue weighted by atomic mass is 10.0. The summed E-state index contributed by atoms with van der Waals surface area (Å²) in [5.74, 6) is -0.565. The standard InChI is InChI=1S/C61H103NO5/c1-4-7-10-13-16-19-22-25-28-30-33-36-39-42-45-48-51-54-61(66)67-57(52-49-46-43-40-37-34-32-29-26-23-20-17-14-11-8-5-2)55-60(65)62-58(56-63)59(64)53-50-47-44-41-38-35-31-27-24-21-18-15-12-9-6-3/h7,10,13,16,19,22-23,25-26,28-30,32-34,36-37,39,57-59,63-64H,4-6,8-9,11-12,14-15,17-18,20-21,24,27,31,35,38,40-56H2,1-3H3,(H,62,65)/b10-7-,16-13+,22-19+,26-23+,28-25-,32-29+,33-30+,37-34+,39-36+. The van der Waals surface area contributed by atoms with Crippen LogP contribution in [0.15, 0.2) is 109 Å². The highest BCUT2D eigenvalue weighted by molar-refractivity contribution is 5.77. The maximum absolute atomic E-state index is 13.3. The molecular formula is C61H103NO5. The maximum Gasteiger partial charge on any atom is 0.306 e. The average Bonchev–Trinajstić information content (AvgIpc) is 3.32. The number of unbranched alkanes of at least 4 members (excludes halogenated alkanes) is 25. The lowest BCUT2D eigenvalue weighted by Crippen LogP contribution is -2.46. The molecule has 3 N–H and O–H groups in total. The van der Waals surface area contributed by atoms with Crippen molar-refractivity contribution in [3.63, 3.8) is 0 Å². The number of hydrogen-bond acceptors (Lipinski definition) is 5. The molecule has 0 aromatic carbocycles. The topological polar surface area (TPSA) is 95.9 Å². The number of aliphatic hydroxyl groups is 2. The first-order valence-electron chi connectivity index (χ1n) is 27.7. The Morgan fingerprint density at radius 3 is 1.24 bits per heavy atom. The number of carbonyl (C=O) groups excluding carboxylic acids is 2. The molecule has 0 heterocycles. The van der Waals surface area contributed by atoms with E-state index in [-0.39, 0.29) is 24.9 Å². The number of ether oxygens (including phenoxy) is 1. The van der Waals surface area contributed by atoms with Crippen LogP contribution < -0.4 is 5.32 Å². The lowest BCUT2D eigenvalue weighted by Gasteiger charge is -2.24. The third-order valence-corrected chi connectivity index (χ3v) is 12.1. The van der Waals surface area contributed by atoms with Gasteiger partial charge < -0.3 is 20.3 Å². The SMILES string of the molecule is CC\C=C/C=C/C=C/C=C\C=C\C=C\CCCCCC(=O)OC(CCCCC/C=C/C=C/C=C/CCCCCCC)CC(=O)NC(CO)C(O)CCCCCCCCCCCCCCCCC. The summed E-state index contributed by atoms with van der Waals surface area (Å²) in [6, 6.07) is -0.730. The molecule has 382 valence electrons. The van der Waals surface area contributed by atoms with Crippen molar-refractivity contribution in [2.75, 3.05) is 6.61 Å². The second kappa shape index (κ2) is 53.5. The van der Waals surface area contributed by atoms with Gasteiger partial charge in [-0.2, -0.15) is 0 Å². The molecule has 0 spiro atoms. The Hall–Kier alpha value is -3.48. The minimum absolute atomic E-state index is 0.0301. The molecule has 67 heavy (non-hydrogen) atoms. The van der Waals surface area contributed by atoms with Crippen LogP contribution in [0.2, 0.25) is 0 Å². The van der Waals surface area contributed by atoms with Gasteiger partial charge in [0.2, 0.25) is 5.91 Å². The number of esters is 1. The van der Waals surface area contributed by atoms with E-state index in [0.29, 0.717) is 19.3 Å². The Morgan fingerprint density at radius 1 is 0.448 bits per heavy atom. The van der Waals surface area contributed by atoms with Crippen molar-refractivity contribution in [2.45, 2.75) is 257 Å². The molecule has 0 fully saturated rings. The molecule has 0 aromatic rings. The Labute approximate surface area is 413 Å². The van der Waals surface area contributed by atoms with Gasteiger partial charge in [0.1, 0.15) is 6.10 Å². The molecule has 0 bridgehead atoms. The minimum atomic E-state index is -0.813. The van der Waals surface area contributed by atoms with Crippen LogP contribution in [0.1, 0.15) is 239 Å². The number of amides is 1. The van der Waals surface area contributed by atoms with Crippen molar-refractivity contribution in [3.05, 3.63) is 109 Å². The number of nitrogens with one attached hydrogen (secondary N) is 1. The van der Waals surface area contributed by atoms with Crippen LogP contribution >= 0.6 is 0 Å². The fraction of sp³-hybridized carbons (Fsp3) is 0.672. The van der Waals surface area contributed by atoms with Crippen LogP contribution in [-0.4, -0.2) is 46.9 Å². The first kappa shape index (κ1) is 63.5. The zero-order chi connectivity index (χ0) is 48.8. The number of carbonyl (C=O) groups is 2. The summed E-state index contributed by atoms with van der Waals surface area (Å²) < 4.78 is 5.92. The summed E-state index contributed by atoms with van der Waals surface area (Å²) in [4.78, 5) is 26.2. The number of rotatable bonds is 48. The summed E-state index contributed by atoms with van der Waals surface area (Å²) in [5.41, 5.74) is 0. The molecule has 0 rings (SSSR count). The van der Waals surface area contributed by atoms with Gasteiger partial charge in [-0.3, -0.25) is 9.59 Å². The number of aliphatic hydroxyl groups excluding tert-OH is 2. The van der Waals surface area contributed by atoms with Crippen LogP contribution in [0.25, 0.3) is 0 Å². The third-order valence-electron chi connectivity index (χ3n) is 12.1. The van der Waals surface area contributed by atoms with E-state index in [0.717, 1.165) is 83.5 Å². The van der Waals surface area contributed by atoms with Crippen LogP contribution in [0.5, 0.6) is 0 Å². The summed E-state index contributed by atoms with van der Waals surface area (Å²) in [5, 5.41) is 23.8. The second-order valence-corrected chi connectivity index (χ2v) is 18.5. The predicted molar refractivity (Wildman–Crippen MR) is 291 cm³/mol. The van der Waals surface area contributed by atoms with E-state index in [9.17, 15) is 19.8 Å². The molecule has 3 atom stereocenters. The van der Waals surface area contributed by atoms with Gasteiger partial charge in [0.05, 0.1) is 25.2 Å². The van der Waals surface area contributed by atoms with E-state index in [1.165, 1.54) is 109 Å². The van der Waals surface area contributed by atoms with Gasteiger partial charge in [-0.15, -0.1) is 0 Å². The summed E-state index contributed by atoms with van der Waals surface area (Å²) >= 11 is 0. The molecule has 0 aliphatic carbocycles. The molecule has 0 radical (unpaired) electrons. The molecule has 6 heteroatoms. The highest BCUT2D eigenvalue weighted by atomic mass is 16.5. The van der Waals surface area contributed by atoms with Crippen molar-refractivity contribution in [1.29, 1.82) is 0 Å². The van der Waals surface area contributed by atoms with Gasteiger partial charge in [-0.05, 0) is 70.6 Å². The van der Waals surface area contributed by atoms with Crippen molar-refractivity contribution in [1.82, 2.24) is 5.32 Å². The quantitative estimate of drug-likeness (QED) is 0.0321. The normalized spacial score (nSPS) is 14.0. The van der Waals surface area contributed by atoms with Crippen LogP contribution in [0, 0.1) is 0 Å². The zero-order valence-corrected chi connectivity index (χ0v) is 43.5. The van der Waals surface area contributed by atoms with Crippen molar-refractivity contribution < 1.29 is 24.5 Å². The van der Waals surface area contributed by atoms with E-state index in [1.807, 2.05) is 54.7 Å². The highest BCUT2D eigenvalue weighted by Crippen LogP contribution is 2.17. The molecular weight excluding hydrogens is 827 g/mol. The van der Waals surface area contributed by atoms with Gasteiger partial charge in [0, 0.05) is 6.42 Å². The maximum atomic E-state index is 13.3.